The summed E-state index contributed by atoms with van der Waals surface area (Å²) in [5, 5.41) is 12.3. The summed E-state index contributed by atoms with van der Waals surface area (Å²) < 4.78 is 14.7. The molecule has 4 saturated carbocycles. The molecule has 4 aliphatic rings. The molecule has 0 unspecified atom stereocenters. The molecule has 398 valence electrons. The van der Waals surface area contributed by atoms with Crippen LogP contribution in [0.25, 0.3) is 76.2 Å². The first-order valence-corrected chi connectivity index (χ1v) is 31.1. The molecule has 2 heterocycles. The zero-order valence-electron chi connectivity index (χ0n) is 46.3. The largest absolute Gasteiger partial charge is 0.454 e. The Hall–Kier alpha value is -7.56. The maximum absolute atomic E-state index is 7.34. The molecule has 0 radical (unpaired) electrons. The van der Waals surface area contributed by atoms with Crippen LogP contribution >= 0.6 is 0 Å². The second-order valence-corrected chi connectivity index (χ2v) is 24.7. The van der Waals surface area contributed by atoms with Crippen molar-refractivity contribution in [3.8, 4) is 0 Å². The van der Waals surface area contributed by atoms with Crippen LogP contribution in [0.3, 0.4) is 0 Å². The van der Waals surface area contributed by atoms with Crippen LogP contribution in [-0.4, -0.2) is 0 Å². The fourth-order valence-corrected chi connectivity index (χ4v) is 16.1. The van der Waals surface area contributed by atoms with Gasteiger partial charge in [0.05, 0.1) is 22.7 Å². The van der Waals surface area contributed by atoms with Crippen LogP contribution in [0.15, 0.2) is 179 Å². The van der Waals surface area contributed by atoms with Gasteiger partial charge >= 0.3 is 0 Å². The molecule has 0 N–H and O–H groups in total. The Morgan fingerprint density at radius 3 is 0.988 bits per heavy atom. The monoisotopic (exact) mass is 1040 g/mol. The number of furan rings is 2. The highest BCUT2D eigenvalue weighted by atomic mass is 16.3. The summed E-state index contributed by atoms with van der Waals surface area (Å²) in [5.74, 6) is 2.31. The molecule has 4 heteroatoms. The summed E-state index contributed by atoms with van der Waals surface area (Å²) in [5.41, 5.74) is 16.5. The van der Waals surface area contributed by atoms with Crippen molar-refractivity contribution in [1.29, 1.82) is 0 Å². The van der Waals surface area contributed by atoms with Gasteiger partial charge in [-0.05, 0) is 167 Å². The Morgan fingerprint density at radius 1 is 0.263 bits per heavy atom. The Kier molecular flexibility index (Phi) is 12.2. The van der Waals surface area contributed by atoms with E-state index in [1.54, 1.807) is 0 Å². The minimum absolute atomic E-state index is 0.532. The highest BCUT2D eigenvalue weighted by Gasteiger charge is 2.29. The van der Waals surface area contributed by atoms with E-state index >= 15 is 0 Å². The van der Waals surface area contributed by atoms with E-state index in [0.29, 0.717) is 23.7 Å². The van der Waals surface area contributed by atoms with Crippen molar-refractivity contribution in [2.75, 3.05) is 9.80 Å². The zero-order valence-corrected chi connectivity index (χ0v) is 46.3. The number of fused-ring (bicyclic) bond motifs is 6. The van der Waals surface area contributed by atoms with E-state index in [-0.39, 0.29) is 0 Å². The van der Waals surface area contributed by atoms with E-state index < -0.39 is 0 Å². The third kappa shape index (κ3) is 8.13. The van der Waals surface area contributed by atoms with Gasteiger partial charge in [-0.15, -0.1) is 0 Å². The highest BCUT2D eigenvalue weighted by Crippen LogP contribution is 2.52. The van der Waals surface area contributed by atoms with Crippen molar-refractivity contribution in [3.63, 3.8) is 0 Å². The minimum atomic E-state index is 0.532. The first-order valence-electron chi connectivity index (χ1n) is 31.1. The van der Waals surface area contributed by atoms with Gasteiger partial charge < -0.3 is 18.6 Å². The molecule has 0 bridgehead atoms. The number of benzene rings is 10. The van der Waals surface area contributed by atoms with Crippen LogP contribution in [0.2, 0.25) is 0 Å². The standard InChI is InChI=1S/C76H72N2O2/c1-5-17-49(18-6-1)51-33-41-57(42-34-51)77(69-31-15-29-63-61-27-13-25-59(73(61)79-75(63)69)53-21-9-3-10-22-53)67-47-39-55-38-46-66-68(48-40-56-37-45-65(67)71(55)72(56)66)78(58-43-35-52(36-44-58)50-19-7-2-8-20-50)70-32-16-30-64-62-28-14-26-60(74(62)80-76(64)70)54-23-11-4-12-24-54/h13-16,25-50,53-54H,1-12,17-24H2. The molecular formula is C76H72N2O2. The molecule has 0 atom stereocenters. The van der Waals surface area contributed by atoms with Gasteiger partial charge in [-0.25, -0.2) is 0 Å². The smallest absolute Gasteiger partial charge is 0.159 e. The number of rotatable bonds is 10. The quantitative estimate of drug-likeness (QED) is 0.128. The number of nitrogens with zero attached hydrogens (tertiary/aromatic N) is 2. The molecule has 0 spiro atoms. The third-order valence-electron chi connectivity index (χ3n) is 20.2. The highest BCUT2D eigenvalue weighted by molar-refractivity contribution is 6.29. The lowest BCUT2D eigenvalue weighted by Gasteiger charge is -2.30. The normalized spacial score (nSPS) is 17.6. The summed E-state index contributed by atoms with van der Waals surface area (Å²) in [6.45, 7) is 0. The summed E-state index contributed by atoms with van der Waals surface area (Å²) in [6.07, 6.45) is 25.8. The first-order chi connectivity index (χ1) is 39.7. The second-order valence-electron chi connectivity index (χ2n) is 24.7. The second kappa shape index (κ2) is 20.2. The topological polar surface area (TPSA) is 32.8 Å². The fraction of sp³-hybridized carbons (Fsp3) is 0.316. The molecule has 80 heavy (non-hydrogen) atoms. The van der Waals surface area contributed by atoms with Gasteiger partial charge in [0.1, 0.15) is 11.2 Å². The maximum atomic E-state index is 7.34. The van der Waals surface area contributed by atoms with Crippen molar-refractivity contribution in [1.82, 2.24) is 0 Å². The fourth-order valence-electron chi connectivity index (χ4n) is 16.1. The van der Waals surface area contributed by atoms with Crippen molar-refractivity contribution in [2.45, 2.75) is 152 Å². The molecule has 0 aliphatic heterocycles. The lowest BCUT2D eigenvalue weighted by molar-refractivity contribution is 0.442. The van der Waals surface area contributed by atoms with Crippen LogP contribution in [0.5, 0.6) is 0 Å². The van der Waals surface area contributed by atoms with Crippen molar-refractivity contribution in [2.24, 2.45) is 0 Å². The molecule has 0 amide bonds. The van der Waals surface area contributed by atoms with E-state index in [2.05, 4.69) is 180 Å². The summed E-state index contributed by atoms with van der Waals surface area (Å²) >= 11 is 0. The van der Waals surface area contributed by atoms with Crippen LogP contribution < -0.4 is 9.80 Å². The molecule has 16 rings (SSSR count). The van der Waals surface area contributed by atoms with Gasteiger partial charge in [-0.2, -0.15) is 0 Å². The van der Waals surface area contributed by atoms with Crippen LogP contribution in [0.4, 0.5) is 34.1 Å². The molecule has 2 aromatic heterocycles. The molecule has 4 nitrogen and oxygen atoms in total. The molecule has 12 aromatic rings. The molecule has 4 aliphatic carbocycles. The van der Waals surface area contributed by atoms with Gasteiger partial charge in [-0.3, -0.25) is 0 Å². The van der Waals surface area contributed by atoms with E-state index in [4.69, 9.17) is 8.83 Å². The lowest BCUT2D eigenvalue weighted by Crippen LogP contribution is -2.12. The zero-order chi connectivity index (χ0) is 52.7. The molecule has 4 fully saturated rings. The number of para-hydroxylation sites is 4. The van der Waals surface area contributed by atoms with Crippen LogP contribution in [-0.2, 0) is 0 Å². The Balaban J connectivity index is 0.899. The van der Waals surface area contributed by atoms with Crippen molar-refractivity contribution < 1.29 is 8.83 Å². The molecular weight excluding hydrogens is 973 g/mol. The SMILES string of the molecule is c1cc(C2CCCCC2)c2oc3c(N(c4ccc(C5CCCCC5)cc4)c4ccc5ccc6c(N(c7ccc(C8CCCCC8)cc7)c7cccc8c7oc7c(C9CCCCC9)cccc78)ccc7ccc4c5c76)cccc3c2c1. The third-order valence-corrected chi connectivity index (χ3v) is 20.2. The average molecular weight is 1050 g/mol. The molecule has 0 saturated heterocycles. The van der Waals surface area contributed by atoms with Gasteiger partial charge in [-0.1, -0.05) is 198 Å². The van der Waals surface area contributed by atoms with E-state index in [9.17, 15) is 0 Å². The summed E-state index contributed by atoms with van der Waals surface area (Å²) in [7, 11) is 0. The number of hydrogen-bond acceptors (Lipinski definition) is 4. The lowest BCUT2D eigenvalue weighted by atomic mass is 9.83. The van der Waals surface area contributed by atoms with E-state index in [1.807, 2.05) is 0 Å². The predicted molar refractivity (Wildman–Crippen MR) is 337 cm³/mol. The Bertz CT molecular complexity index is 3960. The Labute approximate surface area is 470 Å². The minimum Gasteiger partial charge on any atom is -0.454 e. The van der Waals surface area contributed by atoms with Gasteiger partial charge in [0.25, 0.3) is 0 Å². The number of anilines is 6. The van der Waals surface area contributed by atoms with Crippen molar-refractivity contribution in [3.05, 3.63) is 192 Å². The summed E-state index contributed by atoms with van der Waals surface area (Å²) in [4.78, 5) is 5.04. The first kappa shape index (κ1) is 48.4. The number of hydrogen-bond donors (Lipinski definition) is 0. The predicted octanol–water partition coefficient (Wildman–Crippen LogP) is 23.5. The Morgan fingerprint density at radius 2 is 0.600 bits per heavy atom. The van der Waals surface area contributed by atoms with Gasteiger partial charge in [0.15, 0.2) is 11.2 Å². The van der Waals surface area contributed by atoms with Crippen molar-refractivity contribution >= 4 is 110 Å². The average Bonchev–Trinajstić information content (AvgIpc) is 4.03. The van der Waals surface area contributed by atoms with Gasteiger partial charge in [0.2, 0.25) is 0 Å². The van der Waals surface area contributed by atoms with Gasteiger partial charge in [0, 0.05) is 43.7 Å². The van der Waals surface area contributed by atoms with Crippen LogP contribution in [0, 0.1) is 0 Å². The summed E-state index contributed by atoms with van der Waals surface area (Å²) in [6, 6.07) is 65.7. The van der Waals surface area contributed by atoms with E-state index in [0.717, 1.165) is 56.5 Å². The van der Waals surface area contributed by atoms with Crippen LogP contribution in [0.1, 0.15) is 174 Å². The maximum Gasteiger partial charge on any atom is 0.159 e. The van der Waals surface area contributed by atoms with E-state index in [1.165, 1.54) is 205 Å². The molecule has 10 aromatic carbocycles.